The Morgan fingerprint density at radius 3 is 2.46 bits per heavy atom. The second kappa shape index (κ2) is 6.32. The Bertz CT molecular complexity index is 1020. The lowest BCUT2D eigenvalue weighted by molar-refractivity contribution is -0.679. The smallest absolute Gasteiger partial charge is 0.389 e. The molecule has 0 N–H and O–H groups in total. The number of amides is 3. The standard InChI is InChI=1S/C19H19Cl2N4O3/c1-19(2,3)13-9-24-14-15(22-17(24)28-13)23(4)18(27)25(16(14)26)8-10-11(20)6-5-7-12(10)21/h5-7,9,14H,8H2,1-4H3/q+1. The van der Waals surface area contributed by atoms with E-state index in [0.717, 1.165) is 4.90 Å². The van der Waals surface area contributed by atoms with Gasteiger partial charge in [0.25, 0.3) is 17.8 Å². The predicted molar refractivity (Wildman–Crippen MR) is 104 cm³/mol. The number of halogens is 2. The van der Waals surface area contributed by atoms with Crippen molar-refractivity contribution in [1.29, 1.82) is 0 Å². The largest absolute Gasteiger partial charge is 0.506 e. The highest BCUT2D eigenvalue weighted by Gasteiger charge is 2.55. The van der Waals surface area contributed by atoms with Gasteiger partial charge in [-0.25, -0.2) is 4.79 Å². The van der Waals surface area contributed by atoms with Gasteiger partial charge in [0.05, 0.1) is 6.54 Å². The number of hydrogen-bond acceptors (Lipinski definition) is 4. The summed E-state index contributed by atoms with van der Waals surface area (Å²) < 4.78 is 7.50. The molecule has 2 aromatic rings. The summed E-state index contributed by atoms with van der Waals surface area (Å²) in [4.78, 5) is 33.0. The number of urea groups is 1. The lowest BCUT2D eigenvalue weighted by atomic mass is 9.94. The molecule has 28 heavy (non-hydrogen) atoms. The fourth-order valence-corrected chi connectivity index (χ4v) is 3.77. The molecule has 1 aromatic heterocycles. The molecule has 1 fully saturated rings. The van der Waals surface area contributed by atoms with Gasteiger partial charge in [0.15, 0.2) is 5.76 Å². The van der Waals surface area contributed by atoms with E-state index in [2.05, 4.69) is 4.99 Å². The summed E-state index contributed by atoms with van der Waals surface area (Å²) in [6, 6.07) is 4.11. The van der Waals surface area contributed by atoms with E-state index >= 15 is 0 Å². The number of fused-ring (bicyclic) bond motifs is 3. The first-order valence-electron chi connectivity index (χ1n) is 8.75. The number of carbonyl (C=O) groups excluding carboxylic acids is 2. The summed E-state index contributed by atoms with van der Waals surface area (Å²) in [5, 5.41) is 0.793. The van der Waals surface area contributed by atoms with Crippen molar-refractivity contribution in [2.24, 2.45) is 4.99 Å². The van der Waals surface area contributed by atoms with Gasteiger partial charge in [0.1, 0.15) is 6.20 Å². The van der Waals surface area contributed by atoms with Crippen LogP contribution in [0.15, 0.2) is 33.8 Å². The molecular weight excluding hydrogens is 403 g/mol. The molecule has 9 heteroatoms. The third-order valence-corrected chi connectivity index (χ3v) is 5.60. The molecule has 0 radical (unpaired) electrons. The number of amidine groups is 1. The lowest BCUT2D eigenvalue weighted by Crippen LogP contribution is -2.62. The molecule has 146 valence electrons. The second-order valence-corrected chi connectivity index (χ2v) is 8.69. The van der Waals surface area contributed by atoms with Gasteiger partial charge in [-0.15, -0.1) is 0 Å². The number of imide groups is 1. The monoisotopic (exact) mass is 421 g/mol. The molecule has 3 amide bonds. The average molecular weight is 422 g/mol. The third-order valence-electron chi connectivity index (χ3n) is 4.89. The van der Waals surface area contributed by atoms with Gasteiger partial charge in [0, 0.05) is 33.1 Å². The molecule has 7 nitrogen and oxygen atoms in total. The van der Waals surface area contributed by atoms with E-state index in [1.54, 1.807) is 36.0 Å². The highest BCUT2D eigenvalue weighted by Crippen LogP contribution is 2.34. The minimum absolute atomic E-state index is 0.0236. The fourth-order valence-electron chi connectivity index (χ4n) is 3.25. The predicted octanol–water partition coefficient (Wildman–Crippen LogP) is 3.85. The molecule has 1 aromatic carbocycles. The maximum atomic E-state index is 13.3. The molecule has 1 unspecified atom stereocenters. The number of aromatic nitrogens is 1. The zero-order valence-corrected chi connectivity index (χ0v) is 17.4. The summed E-state index contributed by atoms with van der Waals surface area (Å²) in [6.07, 6.45) is 1.78. The molecule has 0 aliphatic carbocycles. The van der Waals surface area contributed by atoms with E-state index in [1.165, 1.54) is 4.90 Å². The van der Waals surface area contributed by atoms with Crippen LogP contribution in [0, 0.1) is 0 Å². The van der Waals surface area contributed by atoms with Crippen LogP contribution in [0.3, 0.4) is 0 Å². The zero-order chi connectivity index (χ0) is 20.4. The quantitative estimate of drug-likeness (QED) is 0.691. The van der Waals surface area contributed by atoms with E-state index in [1.807, 2.05) is 20.8 Å². The van der Waals surface area contributed by atoms with Crippen molar-refractivity contribution in [2.75, 3.05) is 7.05 Å². The minimum Gasteiger partial charge on any atom is -0.389 e. The normalized spacial score (nSPS) is 19.1. The van der Waals surface area contributed by atoms with Crippen LogP contribution >= 0.6 is 23.2 Å². The second-order valence-electron chi connectivity index (χ2n) is 7.87. The van der Waals surface area contributed by atoms with Gasteiger partial charge in [-0.2, -0.15) is 4.57 Å². The van der Waals surface area contributed by atoms with Gasteiger partial charge < -0.3 is 4.42 Å². The number of benzene rings is 1. The molecule has 2 aliphatic rings. The van der Waals surface area contributed by atoms with Crippen LogP contribution in [-0.2, 0) is 16.8 Å². The highest BCUT2D eigenvalue weighted by molar-refractivity contribution is 6.36. The Hall–Kier alpha value is -2.38. The molecule has 3 heterocycles. The van der Waals surface area contributed by atoms with Gasteiger partial charge >= 0.3 is 12.0 Å². The maximum Gasteiger partial charge on any atom is 0.506 e. The molecule has 2 aliphatic heterocycles. The van der Waals surface area contributed by atoms with Gasteiger partial charge in [-0.05, 0) is 12.1 Å². The molecular formula is C19H19Cl2N4O3+. The molecule has 1 saturated heterocycles. The van der Waals surface area contributed by atoms with Crippen LogP contribution in [-0.4, -0.2) is 34.6 Å². The Kier molecular flexibility index (Phi) is 4.28. The van der Waals surface area contributed by atoms with Crippen molar-refractivity contribution in [3.8, 4) is 0 Å². The van der Waals surface area contributed by atoms with Crippen molar-refractivity contribution >= 4 is 47.0 Å². The minimum atomic E-state index is -0.765. The van der Waals surface area contributed by atoms with Crippen molar-refractivity contribution < 1.29 is 18.6 Å². The summed E-state index contributed by atoms with van der Waals surface area (Å²) in [5.74, 6) is 0.650. The van der Waals surface area contributed by atoms with Crippen LogP contribution in [0.4, 0.5) is 10.8 Å². The number of carbonyl (C=O) groups is 2. The van der Waals surface area contributed by atoms with Gasteiger partial charge in [-0.1, -0.05) is 50.0 Å². The Morgan fingerprint density at radius 2 is 1.86 bits per heavy atom. The van der Waals surface area contributed by atoms with E-state index in [9.17, 15) is 9.59 Å². The van der Waals surface area contributed by atoms with Gasteiger partial charge in [-0.3, -0.25) is 14.6 Å². The Labute approximate surface area is 172 Å². The van der Waals surface area contributed by atoms with Crippen LogP contribution < -0.4 is 4.57 Å². The highest BCUT2D eigenvalue weighted by atomic mass is 35.5. The van der Waals surface area contributed by atoms with Crippen molar-refractivity contribution in [1.82, 2.24) is 9.80 Å². The van der Waals surface area contributed by atoms with Crippen LogP contribution in [0.5, 0.6) is 0 Å². The zero-order valence-electron chi connectivity index (χ0n) is 15.9. The lowest BCUT2D eigenvalue weighted by Gasteiger charge is -2.32. The number of aliphatic imine (C=N–C) groups is 1. The van der Waals surface area contributed by atoms with E-state index < -0.39 is 18.0 Å². The van der Waals surface area contributed by atoms with Crippen LogP contribution in [0.25, 0.3) is 0 Å². The van der Waals surface area contributed by atoms with Crippen LogP contribution in [0.2, 0.25) is 10.0 Å². The Morgan fingerprint density at radius 1 is 1.21 bits per heavy atom. The van der Waals surface area contributed by atoms with E-state index in [0.29, 0.717) is 33.2 Å². The molecule has 0 spiro atoms. The molecule has 4 rings (SSSR count). The summed E-state index contributed by atoms with van der Waals surface area (Å²) in [7, 11) is 1.58. The topological polar surface area (TPSA) is 70.0 Å². The number of hydrogen-bond donors (Lipinski definition) is 0. The van der Waals surface area contributed by atoms with Crippen molar-refractivity contribution in [3.63, 3.8) is 0 Å². The summed E-state index contributed by atoms with van der Waals surface area (Å²) in [6.45, 7) is 6.01. The molecule has 0 saturated carbocycles. The van der Waals surface area contributed by atoms with E-state index in [-0.39, 0.29) is 12.0 Å². The number of likely N-dealkylation sites (N-methyl/N-ethyl adjacent to an activating group) is 1. The SMILES string of the molecule is CN1C(=O)N(Cc2c(Cl)cccc2Cl)C(=O)C2C1=Nc1oc(C(C)(C)C)c[n+]12. The third kappa shape index (κ3) is 2.81. The average Bonchev–Trinajstić information content (AvgIpc) is 3.16. The van der Waals surface area contributed by atoms with Gasteiger partial charge in [0.2, 0.25) is 0 Å². The van der Waals surface area contributed by atoms with E-state index in [4.69, 9.17) is 27.6 Å². The summed E-state index contributed by atoms with van der Waals surface area (Å²) in [5.41, 5.74) is 0.282. The molecule has 1 atom stereocenters. The first-order valence-corrected chi connectivity index (χ1v) is 9.51. The van der Waals surface area contributed by atoms with Crippen molar-refractivity contribution in [3.05, 3.63) is 45.8 Å². The number of oxazole rings is 1. The first kappa shape index (κ1) is 19.0. The summed E-state index contributed by atoms with van der Waals surface area (Å²) >= 11 is 12.5. The van der Waals surface area contributed by atoms with Crippen LogP contribution in [0.1, 0.15) is 38.1 Å². The molecule has 0 bridgehead atoms. The maximum absolute atomic E-state index is 13.3. The number of rotatable bonds is 2. The first-order chi connectivity index (χ1) is 13.1. The van der Waals surface area contributed by atoms with Crippen molar-refractivity contribution in [2.45, 2.75) is 38.8 Å². The number of nitrogens with zero attached hydrogens (tertiary/aromatic N) is 4. The fraction of sp³-hybridized carbons (Fsp3) is 0.368. The Balaban J connectivity index is 1.74.